The average Bonchev–Trinajstić information content (AvgIpc) is 3.05. The molecule has 1 amide bonds. The lowest BCUT2D eigenvalue weighted by Crippen LogP contribution is -2.16. The first kappa shape index (κ1) is 16.6. The minimum absolute atomic E-state index is 0.0433. The van der Waals surface area contributed by atoms with Gasteiger partial charge in [0.05, 0.1) is 18.3 Å². The number of benzene rings is 2. The van der Waals surface area contributed by atoms with Gasteiger partial charge in [0.1, 0.15) is 11.5 Å². The Bertz CT molecular complexity index is 737. The third-order valence-electron chi connectivity index (χ3n) is 4.21. The van der Waals surface area contributed by atoms with E-state index in [0.717, 1.165) is 36.0 Å². The fourth-order valence-corrected chi connectivity index (χ4v) is 3.01. The molecular formula is C19H24N2O3. The van der Waals surface area contributed by atoms with Gasteiger partial charge in [-0.25, -0.2) is 0 Å². The van der Waals surface area contributed by atoms with E-state index in [1.807, 2.05) is 38.1 Å². The smallest absolute Gasteiger partial charge is 0.252 e. The van der Waals surface area contributed by atoms with Crippen molar-refractivity contribution in [2.75, 3.05) is 19.7 Å². The van der Waals surface area contributed by atoms with E-state index in [1.54, 1.807) is 6.07 Å². The van der Waals surface area contributed by atoms with Gasteiger partial charge in [-0.1, -0.05) is 12.1 Å². The Morgan fingerprint density at radius 3 is 2.83 bits per heavy atom. The van der Waals surface area contributed by atoms with Crippen molar-refractivity contribution in [3.05, 3.63) is 35.9 Å². The number of amides is 1. The van der Waals surface area contributed by atoms with Gasteiger partial charge in [0.15, 0.2) is 0 Å². The zero-order valence-electron chi connectivity index (χ0n) is 14.2. The predicted molar refractivity (Wildman–Crippen MR) is 94.7 cm³/mol. The number of nitrogens with two attached hydrogens (primary N) is 1. The largest absolute Gasteiger partial charge is 0.493 e. The SMILES string of the molecule is CC(C)Oc1cc2c(OCC3CCNC3)cccc2cc1C(N)=O. The van der Waals surface area contributed by atoms with Crippen LogP contribution in [-0.2, 0) is 0 Å². The van der Waals surface area contributed by atoms with Crippen LogP contribution >= 0.6 is 0 Å². The number of nitrogens with one attached hydrogen (secondary N) is 1. The molecule has 1 atom stereocenters. The number of fused-ring (bicyclic) bond motifs is 1. The molecule has 1 unspecified atom stereocenters. The summed E-state index contributed by atoms with van der Waals surface area (Å²) in [4.78, 5) is 11.7. The molecule has 0 bridgehead atoms. The summed E-state index contributed by atoms with van der Waals surface area (Å²) in [6.07, 6.45) is 1.09. The first-order chi connectivity index (χ1) is 11.5. The molecule has 1 saturated heterocycles. The molecule has 24 heavy (non-hydrogen) atoms. The molecule has 0 aromatic heterocycles. The van der Waals surface area contributed by atoms with Crippen LogP contribution in [-0.4, -0.2) is 31.7 Å². The fourth-order valence-electron chi connectivity index (χ4n) is 3.01. The zero-order chi connectivity index (χ0) is 17.1. The molecule has 5 heteroatoms. The lowest BCUT2D eigenvalue weighted by atomic mass is 10.0. The van der Waals surface area contributed by atoms with Crippen LogP contribution < -0.4 is 20.5 Å². The maximum Gasteiger partial charge on any atom is 0.252 e. The topological polar surface area (TPSA) is 73.6 Å². The van der Waals surface area contributed by atoms with Crippen LogP contribution in [0.2, 0.25) is 0 Å². The molecule has 0 aliphatic carbocycles. The molecule has 1 fully saturated rings. The Morgan fingerprint density at radius 2 is 2.17 bits per heavy atom. The number of ether oxygens (including phenoxy) is 2. The second-order valence-electron chi connectivity index (χ2n) is 6.53. The maximum atomic E-state index is 11.7. The van der Waals surface area contributed by atoms with Gasteiger partial charge in [0.25, 0.3) is 5.91 Å². The fraction of sp³-hybridized carbons (Fsp3) is 0.421. The van der Waals surface area contributed by atoms with Gasteiger partial charge in [-0.2, -0.15) is 0 Å². The molecule has 0 spiro atoms. The number of carbonyl (C=O) groups excluding carboxylic acids is 1. The zero-order valence-corrected chi connectivity index (χ0v) is 14.2. The standard InChI is InChI=1S/C19H24N2O3/c1-12(2)24-18-9-15-14(8-16(18)19(20)22)4-3-5-17(15)23-11-13-6-7-21-10-13/h3-5,8-9,12-13,21H,6-7,10-11H2,1-2H3,(H2,20,22). The number of carbonyl (C=O) groups is 1. The summed E-state index contributed by atoms with van der Waals surface area (Å²) in [5.41, 5.74) is 5.90. The number of hydrogen-bond acceptors (Lipinski definition) is 4. The normalized spacial score (nSPS) is 17.4. The van der Waals surface area contributed by atoms with Crippen molar-refractivity contribution in [1.82, 2.24) is 5.32 Å². The van der Waals surface area contributed by atoms with Crippen molar-refractivity contribution in [3.63, 3.8) is 0 Å². The number of hydrogen-bond donors (Lipinski definition) is 2. The van der Waals surface area contributed by atoms with E-state index >= 15 is 0 Å². The van der Waals surface area contributed by atoms with Crippen molar-refractivity contribution in [3.8, 4) is 11.5 Å². The highest BCUT2D eigenvalue weighted by Gasteiger charge is 2.17. The predicted octanol–water partition coefficient (Wildman–Crippen LogP) is 2.71. The summed E-state index contributed by atoms with van der Waals surface area (Å²) in [6, 6.07) is 9.47. The van der Waals surface area contributed by atoms with E-state index in [-0.39, 0.29) is 6.10 Å². The first-order valence-electron chi connectivity index (χ1n) is 8.41. The Balaban J connectivity index is 1.95. The molecule has 0 radical (unpaired) electrons. The van der Waals surface area contributed by atoms with E-state index in [0.29, 0.717) is 23.8 Å². The molecule has 3 N–H and O–H groups in total. The van der Waals surface area contributed by atoms with Crippen LogP contribution in [0.15, 0.2) is 30.3 Å². The van der Waals surface area contributed by atoms with E-state index in [4.69, 9.17) is 15.2 Å². The second-order valence-corrected chi connectivity index (χ2v) is 6.53. The highest BCUT2D eigenvalue weighted by Crippen LogP contribution is 2.33. The molecular weight excluding hydrogens is 304 g/mol. The third kappa shape index (κ3) is 3.62. The summed E-state index contributed by atoms with van der Waals surface area (Å²) in [7, 11) is 0. The molecule has 128 valence electrons. The van der Waals surface area contributed by atoms with Crippen LogP contribution in [0.4, 0.5) is 0 Å². The van der Waals surface area contributed by atoms with Crippen molar-refractivity contribution in [2.45, 2.75) is 26.4 Å². The number of primary amides is 1. The molecule has 2 aromatic carbocycles. The van der Waals surface area contributed by atoms with Gasteiger partial charge in [0.2, 0.25) is 0 Å². The monoisotopic (exact) mass is 328 g/mol. The highest BCUT2D eigenvalue weighted by atomic mass is 16.5. The maximum absolute atomic E-state index is 11.7. The Labute approximate surface area is 142 Å². The summed E-state index contributed by atoms with van der Waals surface area (Å²) in [5.74, 6) is 1.36. The van der Waals surface area contributed by atoms with E-state index in [1.165, 1.54) is 0 Å². The lowest BCUT2D eigenvalue weighted by Gasteiger charge is -2.16. The summed E-state index contributed by atoms with van der Waals surface area (Å²) >= 11 is 0. The Kier molecular flexibility index (Phi) is 4.90. The second kappa shape index (κ2) is 7.09. The molecule has 1 heterocycles. The summed E-state index contributed by atoms with van der Waals surface area (Å²) in [5, 5.41) is 5.20. The lowest BCUT2D eigenvalue weighted by molar-refractivity contribution is 0.0995. The summed E-state index contributed by atoms with van der Waals surface area (Å²) < 4.78 is 11.8. The van der Waals surface area contributed by atoms with Crippen LogP contribution in [0.5, 0.6) is 11.5 Å². The molecule has 3 rings (SSSR count). The molecule has 2 aromatic rings. The van der Waals surface area contributed by atoms with Gasteiger partial charge in [0, 0.05) is 17.8 Å². The van der Waals surface area contributed by atoms with Crippen molar-refractivity contribution < 1.29 is 14.3 Å². The number of rotatable bonds is 6. The minimum Gasteiger partial charge on any atom is -0.493 e. The molecule has 0 saturated carbocycles. The van der Waals surface area contributed by atoms with Gasteiger partial charge in [-0.15, -0.1) is 0 Å². The van der Waals surface area contributed by atoms with E-state index in [9.17, 15) is 4.79 Å². The van der Waals surface area contributed by atoms with Crippen molar-refractivity contribution in [2.24, 2.45) is 11.7 Å². The quantitative estimate of drug-likeness (QED) is 0.855. The van der Waals surface area contributed by atoms with E-state index < -0.39 is 5.91 Å². The van der Waals surface area contributed by atoms with Crippen LogP contribution in [0.3, 0.4) is 0 Å². The third-order valence-corrected chi connectivity index (χ3v) is 4.21. The van der Waals surface area contributed by atoms with E-state index in [2.05, 4.69) is 5.32 Å². The van der Waals surface area contributed by atoms with Crippen molar-refractivity contribution >= 4 is 16.7 Å². The van der Waals surface area contributed by atoms with Crippen molar-refractivity contribution in [1.29, 1.82) is 0 Å². The van der Waals surface area contributed by atoms with Gasteiger partial charge in [-0.3, -0.25) is 4.79 Å². The average molecular weight is 328 g/mol. The Morgan fingerprint density at radius 1 is 1.33 bits per heavy atom. The van der Waals surface area contributed by atoms with Gasteiger partial charge in [-0.05, 0) is 50.4 Å². The molecule has 1 aliphatic heterocycles. The molecule has 1 aliphatic rings. The highest BCUT2D eigenvalue weighted by molar-refractivity contribution is 6.02. The summed E-state index contributed by atoms with van der Waals surface area (Å²) in [6.45, 7) is 6.58. The van der Waals surface area contributed by atoms with Crippen LogP contribution in [0.25, 0.3) is 10.8 Å². The first-order valence-corrected chi connectivity index (χ1v) is 8.41. The minimum atomic E-state index is -0.490. The Hall–Kier alpha value is -2.27. The van der Waals surface area contributed by atoms with Crippen LogP contribution in [0.1, 0.15) is 30.6 Å². The van der Waals surface area contributed by atoms with Crippen LogP contribution in [0, 0.1) is 5.92 Å². The van der Waals surface area contributed by atoms with Gasteiger partial charge < -0.3 is 20.5 Å². The molecule has 5 nitrogen and oxygen atoms in total. The van der Waals surface area contributed by atoms with Gasteiger partial charge >= 0.3 is 0 Å².